The van der Waals surface area contributed by atoms with Crippen molar-refractivity contribution in [2.24, 2.45) is 0 Å². The van der Waals surface area contributed by atoms with Gasteiger partial charge in [0.1, 0.15) is 5.82 Å². The van der Waals surface area contributed by atoms with Gasteiger partial charge in [-0.15, -0.1) is 0 Å². The molecule has 1 heterocycles. The van der Waals surface area contributed by atoms with Gasteiger partial charge in [0.25, 0.3) is 0 Å². The highest BCUT2D eigenvalue weighted by molar-refractivity contribution is 5.80. The molecule has 2 N–H and O–H groups in total. The minimum Gasteiger partial charge on any atom is -0.376 e. The second-order valence-corrected chi connectivity index (χ2v) is 4.00. The van der Waals surface area contributed by atoms with Crippen LogP contribution < -0.4 is 10.6 Å². The topological polar surface area (TPSA) is 54.0 Å². The Morgan fingerprint density at radius 1 is 1.21 bits per heavy atom. The van der Waals surface area contributed by atoms with Crippen molar-refractivity contribution in [2.45, 2.75) is 6.54 Å². The van der Waals surface area contributed by atoms with Crippen LogP contribution in [0.4, 0.5) is 10.1 Å². The normalized spacial score (nSPS) is 9.95. The van der Waals surface area contributed by atoms with Crippen LogP contribution in [0.25, 0.3) is 0 Å². The Morgan fingerprint density at radius 3 is 2.68 bits per heavy atom. The lowest BCUT2D eigenvalue weighted by atomic mass is 10.3. The maximum Gasteiger partial charge on any atom is 0.239 e. The average molecular weight is 259 g/mol. The van der Waals surface area contributed by atoms with E-state index in [9.17, 15) is 9.18 Å². The number of nitrogens with zero attached hydrogens (tertiary/aromatic N) is 1. The van der Waals surface area contributed by atoms with E-state index in [1.807, 2.05) is 12.1 Å². The Kier molecular flexibility index (Phi) is 4.44. The molecule has 1 aromatic carbocycles. The summed E-state index contributed by atoms with van der Waals surface area (Å²) >= 11 is 0. The van der Waals surface area contributed by atoms with Gasteiger partial charge < -0.3 is 10.6 Å². The fourth-order valence-electron chi connectivity index (χ4n) is 1.52. The first-order valence-corrected chi connectivity index (χ1v) is 5.89. The van der Waals surface area contributed by atoms with Gasteiger partial charge in [-0.3, -0.25) is 9.78 Å². The third-order valence-corrected chi connectivity index (χ3v) is 2.51. The van der Waals surface area contributed by atoms with E-state index in [1.54, 1.807) is 24.5 Å². The number of hydrogen-bond donors (Lipinski definition) is 2. The molecule has 0 aliphatic carbocycles. The summed E-state index contributed by atoms with van der Waals surface area (Å²) in [5, 5.41) is 5.68. The van der Waals surface area contributed by atoms with Crippen molar-refractivity contribution >= 4 is 11.6 Å². The molecule has 0 unspecified atom stereocenters. The molecular formula is C14H14FN3O. The molecular weight excluding hydrogens is 245 g/mol. The first-order valence-electron chi connectivity index (χ1n) is 5.89. The number of amides is 1. The number of halogens is 1. The van der Waals surface area contributed by atoms with Crippen molar-refractivity contribution < 1.29 is 9.18 Å². The number of rotatable bonds is 5. The predicted octanol–water partition coefficient (Wildman–Crippen LogP) is 1.95. The third-order valence-electron chi connectivity index (χ3n) is 2.51. The zero-order valence-electron chi connectivity index (χ0n) is 10.3. The number of nitrogens with one attached hydrogen (secondary N) is 2. The lowest BCUT2D eigenvalue weighted by Crippen LogP contribution is -2.29. The van der Waals surface area contributed by atoms with Gasteiger partial charge in [0.2, 0.25) is 5.91 Å². The summed E-state index contributed by atoms with van der Waals surface area (Å²) in [6.07, 6.45) is 3.38. The van der Waals surface area contributed by atoms with Crippen LogP contribution in [-0.4, -0.2) is 17.4 Å². The number of aromatic nitrogens is 1. The average Bonchev–Trinajstić information content (AvgIpc) is 2.45. The summed E-state index contributed by atoms with van der Waals surface area (Å²) in [5.74, 6) is -0.431. The molecule has 2 rings (SSSR count). The van der Waals surface area contributed by atoms with E-state index in [2.05, 4.69) is 15.6 Å². The standard InChI is InChI=1S/C14H14FN3O/c15-12-3-5-13(6-4-12)17-10-14(19)18-9-11-2-1-7-16-8-11/h1-8,17H,9-10H2,(H,18,19). The summed E-state index contributed by atoms with van der Waals surface area (Å²) in [7, 11) is 0. The van der Waals surface area contributed by atoms with E-state index < -0.39 is 0 Å². The summed E-state index contributed by atoms with van der Waals surface area (Å²) in [4.78, 5) is 15.6. The summed E-state index contributed by atoms with van der Waals surface area (Å²) in [6.45, 7) is 0.587. The fraction of sp³-hybridized carbons (Fsp3) is 0.143. The zero-order valence-corrected chi connectivity index (χ0v) is 10.3. The van der Waals surface area contributed by atoms with Gasteiger partial charge in [0.05, 0.1) is 6.54 Å². The molecule has 5 heteroatoms. The number of carbonyl (C=O) groups is 1. The van der Waals surface area contributed by atoms with Gasteiger partial charge in [-0.25, -0.2) is 4.39 Å². The molecule has 0 aliphatic heterocycles. The Labute approximate surface area is 110 Å². The maximum atomic E-state index is 12.7. The third kappa shape index (κ3) is 4.39. The van der Waals surface area contributed by atoms with Crippen LogP contribution in [0.15, 0.2) is 48.8 Å². The molecule has 0 spiro atoms. The van der Waals surface area contributed by atoms with Gasteiger partial charge in [0.15, 0.2) is 0 Å². The van der Waals surface area contributed by atoms with E-state index in [1.165, 1.54) is 12.1 Å². The van der Waals surface area contributed by atoms with Gasteiger partial charge >= 0.3 is 0 Å². The van der Waals surface area contributed by atoms with Crippen molar-refractivity contribution in [3.8, 4) is 0 Å². The van der Waals surface area contributed by atoms with Crippen molar-refractivity contribution in [2.75, 3.05) is 11.9 Å². The van der Waals surface area contributed by atoms with E-state index in [-0.39, 0.29) is 18.3 Å². The highest BCUT2D eigenvalue weighted by atomic mass is 19.1. The van der Waals surface area contributed by atoms with E-state index in [0.717, 1.165) is 5.56 Å². The SMILES string of the molecule is O=C(CNc1ccc(F)cc1)NCc1cccnc1. The van der Waals surface area contributed by atoms with E-state index >= 15 is 0 Å². The largest absolute Gasteiger partial charge is 0.376 e. The summed E-state index contributed by atoms with van der Waals surface area (Å²) in [5.41, 5.74) is 1.65. The number of benzene rings is 1. The summed E-state index contributed by atoms with van der Waals surface area (Å²) < 4.78 is 12.7. The maximum absolute atomic E-state index is 12.7. The van der Waals surface area contributed by atoms with Crippen LogP contribution in [0.3, 0.4) is 0 Å². The molecule has 0 saturated heterocycles. The quantitative estimate of drug-likeness (QED) is 0.863. The lowest BCUT2D eigenvalue weighted by molar-refractivity contribution is -0.119. The zero-order chi connectivity index (χ0) is 13.5. The van der Waals surface area contributed by atoms with Crippen molar-refractivity contribution in [1.82, 2.24) is 10.3 Å². The van der Waals surface area contributed by atoms with Crippen molar-refractivity contribution in [3.63, 3.8) is 0 Å². The van der Waals surface area contributed by atoms with Gasteiger partial charge in [-0.1, -0.05) is 6.07 Å². The highest BCUT2D eigenvalue weighted by Crippen LogP contribution is 2.07. The molecule has 4 nitrogen and oxygen atoms in total. The van der Waals surface area contributed by atoms with Crippen molar-refractivity contribution in [1.29, 1.82) is 0 Å². The molecule has 0 aliphatic rings. The van der Waals surface area contributed by atoms with Crippen LogP contribution in [-0.2, 0) is 11.3 Å². The lowest BCUT2D eigenvalue weighted by Gasteiger charge is -2.07. The van der Waals surface area contributed by atoms with Crippen LogP contribution in [0.1, 0.15) is 5.56 Å². The second kappa shape index (κ2) is 6.49. The molecule has 0 bridgehead atoms. The molecule has 0 radical (unpaired) electrons. The number of hydrogen-bond acceptors (Lipinski definition) is 3. The Morgan fingerprint density at radius 2 is 2.00 bits per heavy atom. The Hall–Kier alpha value is -2.43. The first-order chi connectivity index (χ1) is 9.24. The molecule has 0 atom stereocenters. The number of pyridine rings is 1. The molecule has 2 aromatic rings. The second-order valence-electron chi connectivity index (χ2n) is 4.00. The van der Waals surface area contributed by atoms with Crippen LogP contribution in [0, 0.1) is 5.82 Å². The molecule has 98 valence electrons. The van der Waals surface area contributed by atoms with E-state index in [0.29, 0.717) is 12.2 Å². The van der Waals surface area contributed by atoms with Gasteiger partial charge in [-0.05, 0) is 35.9 Å². The Bertz CT molecular complexity index is 528. The van der Waals surface area contributed by atoms with Gasteiger partial charge in [0, 0.05) is 24.6 Å². The molecule has 1 amide bonds. The van der Waals surface area contributed by atoms with Crippen LogP contribution >= 0.6 is 0 Å². The molecule has 1 aromatic heterocycles. The fourth-order valence-corrected chi connectivity index (χ4v) is 1.52. The van der Waals surface area contributed by atoms with E-state index in [4.69, 9.17) is 0 Å². The highest BCUT2D eigenvalue weighted by Gasteiger charge is 2.01. The van der Waals surface area contributed by atoms with Crippen molar-refractivity contribution in [3.05, 3.63) is 60.2 Å². The molecule has 19 heavy (non-hydrogen) atoms. The monoisotopic (exact) mass is 259 g/mol. The smallest absolute Gasteiger partial charge is 0.239 e. The number of anilines is 1. The number of carbonyl (C=O) groups excluding carboxylic acids is 1. The minimum absolute atomic E-state index is 0.131. The van der Waals surface area contributed by atoms with Crippen LogP contribution in [0.5, 0.6) is 0 Å². The molecule has 0 fully saturated rings. The predicted molar refractivity (Wildman–Crippen MR) is 71.0 cm³/mol. The van der Waals surface area contributed by atoms with Crippen LogP contribution in [0.2, 0.25) is 0 Å². The summed E-state index contributed by atoms with van der Waals surface area (Å²) in [6, 6.07) is 9.57. The minimum atomic E-state index is -0.299. The molecule has 0 saturated carbocycles. The van der Waals surface area contributed by atoms with Gasteiger partial charge in [-0.2, -0.15) is 0 Å². The first kappa shape index (κ1) is 13.0. The Balaban J connectivity index is 1.74.